The van der Waals surface area contributed by atoms with Crippen molar-refractivity contribution in [3.63, 3.8) is 0 Å². The summed E-state index contributed by atoms with van der Waals surface area (Å²) in [6.07, 6.45) is -0.878. The number of likely N-dealkylation sites (N-methyl/N-ethyl adjacent to an activating group) is 1. The molecule has 2 rings (SSSR count). The van der Waals surface area contributed by atoms with Crippen LogP contribution in [-0.4, -0.2) is 58.3 Å². The monoisotopic (exact) mass is 471 g/mol. The molecule has 0 aliphatic carbocycles. The van der Waals surface area contributed by atoms with Crippen LogP contribution in [0.4, 0.5) is 4.79 Å². The molecule has 0 aliphatic rings. The summed E-state index contributed by atoms with van der Waals surface area (Å²) >= 11 is 0. The number of hydrogen-bond donors (Lipinski definition) is 4. The average Bonchev–Trinajstić information content (AvgIpc) is 2.78. The lowest BCUT2D eigenvalue weighted by atomic mass is 10.00. The highest BCUT2D eigenvalue weighted by Gasteiger charge is 2.35. The number of amides is 3. The molecule has 2 aromatic carbocycles. The Balaban J connectivity index is 2.31. The third-order valence-electron chi connectivity index (χ3n) is 5.03. The molecule has 0 spiro atoms. The summed E-state index contributed by atoms with van der Waals surface area (Å²) in [5.74, 6) is -1.38. The van der Waals surface area contributed by atoms with Gasteiger partial charge >= 0.3 is 6.09 Å². The van der Waals surface area contributed by atoms with Crippen molar-refractivity contribution in [2.75, 3.05) is 13.7 Å². The van der Waals surface area contributed by atoms with Crippen molar-refractivity contribution in [1.82, 2.24) is 15.5 Å². The third kappa shape index (κ3) is 7.21. The van der Waals surface area contributed by atoms with Gasteiger partial charge in [0.15, 0.2) is 0 Å². The Morgan fingerprint density at radius 3 is 2.29 bits per heavy atom. The lowest BCUT2D eigenvalue weighted by Crippen LogP contribution is -2.53. The van der Waals surface area contributed by atoms with Crippen LogP contribution >= 0.6 is 0 Å². The number of phenolic OH excluding ortho intramolecular Hbond substituents is 1. The molecule has 184 valence electrons. The van der Waals surface area contributed by atoms with E-state index in [1.165, 1.54) is 7.05 Å². The van der Waals surface area contributed by atoms with Crippen molar-refractivity contribution in [3.8, 4) is 5.75 Å². The van der Waals surface area contributed by atoms with Crippen molar-refractivity contribution in [2.45, 2.75) is 51.9 Å². The Bertz CT molecular complexity index is 1000. The van der Waals surface area contributed by atoms with Crippen molar-refractivity contribution in [2.24, 2.45) is 0 Å². The predicted molar refractivity (Wildman–Crippen MR) is 127 cm³/mol. The first kappa shape index (κ1) is 26.7. The maximum atomic E-state index is 13.3. The average molecular weight is 472 g/mol. The molecule has 3 amide bonds. The predicted octanol–water partition coefficient (Wildman–Crippen LogP) is 2.40. The number of nitrogens with one attached hydrogen (secondary N) is 2. The van der Waals surface area contributed by atoms with Gasteiger partial charge in [-0.05, 0) is 38.8 Å². The zero-order valence-corrected chi connectivity index (χ0v) is 20.2. The number of alkyl carbamates (subject to hydrolysis) is 1. The van der Waals surface area contributed by atoms with Gasteiger partial charge in [-0.2, -0.15) is 0 Å². The van der Waals surface area contributed by atoms with E-state index >= 15 is 0 Å². The number of carbonyl (C=O) groups is 3. The highest BCUT2D eigenvalue weighted by atomic mass is 16.6. The standard InChI is InChI=1S/C25H33N3O6/c1-16-10-9-13-18(21(16)30)20(22(31)26-14-17-11-7-6-8-12-17)28(5)23(32)19(15-29)27-24(33)34-25(2,3)4/h6-13,19-20,29-30H,14-15H2,1-5H3,(H,26,31)(H,27,33). The van der Waals surface area contributed by atoms with E-state index in [-0.39, 0.29) is 17.9 Å². The van der Waals surface area contributed by atoms with Crippen LogP contribution in [0.15, 0.2) is 48.5 Å². The Morgan fingerprint density at radius 2 is 1.71 bits per heavy atom. The van der Waals surface area contributed by atoms with Gasteiger partial charge in [0.05, 0.1) is 6.61 Å². The van der Waals surface area contributed by atoms with Gasteiger partial charge < -0.3 is 30.5 Å². The van der Waals surface area contributed by atoms with Gasteiger partial charge in [0.2, 0.25) is 11.8 Å². The fourth-order valence-corrected chi connectivity index (χ4v) is 3.32. The van der Waals surface area contributed by atoms with E-state index in [1.54, 1.807) is 45.9 Å². The second-order valence-electron chi connectivity index (χ2n) is 8.95. The third-order valence-corrected chi connectivity index (χ3v) is 5.03. The Kier molecular flexibility index (Phi) is 9.03. The molecular formula is C25H33N3O6. The van der Waals surface area contributed by atoms with Crippen LogP contribution in [0, 0.1) is 6.92 Å². The van der Waals surface area contributed by atoms with Crippen LogP contribution in [0.1, 0.15) is 43.5 Å². The number of benzene rings is 2. The van der Waals surface area contributed by atoms with Crippen molar-refractivity contribution in [3.05, 3.63) is 65.2 Å². The Labute approximate surface area is 199 Å². The van der Waals surface area contributed by atoms with Crippen LogP contribution in [0.5, 0.6) is 5.75 Å². The summed E-state index contributed by atoms with van der Waals surface area (Å²) in [5.41, 5.74) is 0.809. The molecule has 0 saturated carbocycles. The molecule has 2 atom stereocenters. The normalized spacial score (nSPS) is 12.9. The molecule has 0 heterocycles. The minimum absolute atomic E-state index is 0.123. The molecule has 34 heavy (non-hydrogen) atoms. The van der Waals surface area contributed by atoms with Crippen LogP contribution < -0.4 is 10.6 Å². The molecule has 4 N–H and O–H groups in total. The van der Waals surface area contributed by atoms with Gasteiger partial charge in [-0.25, -0.2) is 4.79 Å². The zero-order chi connectivity index (χ0) is 25.5. The van der Waals surface area contributed by atoms with Crippen molar-refractivity contribution < 1.29 is 29.3 Å². The summed E-state index contributed by atoms with van der Waals surface area (Å²) in [6, 6.07) is 11.6. The van der Waals surface area contributed by atoms with Crippen LogP contribution in [0.3, 0.4) is 0 Å². The second kappa shape index (κ2) is 11.5. The van der Waals surface area contributed by atoms with Crippen molar-refractivity contribution >= 4 is 17.9 Å². The topological polar surface area (TPSA) is 128 Å². The first-order chi connectivity index (χ1) is 15.9. The largest absolute Gasteiger partial charge is 0.507 e. The molecule has 9 nitrogen and oxygen atoms in total. The van der Waals surface area contributed by atoms with E-state index in [0.29, 0.717) is 5.56 Å². The molecule has 0 aromatic heterocycles. The summed E-state index contributed by atoms with van der Waals surface area (Å²) < 4.78 is 5.16. The minimum atomic E-state index is -1.35. The van der Waals surface area contributed by atoms with E-state index in [4.69, 9.17) is 4.74 Å². The van der Waals surface area contributed by atoms with E-state index in [0.717, 1.165) is 10.5 Å². The fourth-order valence-electron chi connectivity index (χ4n) is 3.32. The van der Waals surface area contributed by atoms with Gasteiger partial charge in [-0.15, -0.1) is 0 Å². The molecule has 0 saturated heterocycles. The second-order valence-corrected chi connectivity index (χ2v) is 8.95. The summed E-state index contributed by atoms with van der Waals surface area (Å²) in [7, 11) is 1.37. The molecule has 9 heteroatoms. The quantitative estimate of drug-likeness (QED) is 0.468. The van der Waals surface area contributed by atoms with Crippen molar-refractivity contribution in [1.29, 1.82) is 0 Å². The minimum Gasteiger partial charge on any atom is -0.507 e. The first-order valence-corrected chi connectivity index (χ1v) is 10.9. The van der Waals surface area contributed by atoms with Gasteiger partial charge in [-0.1, -0.05) is 48.5 Å². The molecule has 2 aromatic rings. The van der Waals surface area contributed by atoms with E-state index in [1.807, 2.05) is 30.3 Å². The molecule has 0 fully saturated rings. The number of phenols is 1. The zero-order valence-electron chi connectivity index (χ0n) is 20.2. The lowest BCUT2D eigenvalue weighted by Gasteiger charge is -2.31. The Morgan fingerprint density at radius 1 is 1.06 bits per heavy atom. The van der Waals surface area contributed by atoms with E-state index < -0.39 is 42.2 Å². The smallest absolute Gasteiger partial charge is 0.408 e. The number of aromatic hydroxyl groups is 1. The number of aryl methyl sites for hydroxylation is 1. The van der Waals surface area contributed by atoms with Gasteiger partial charge in [0, 0.05) is 19.2 Å². The number of ether oxygens (including phenoxy) is 1. The summed E-state index contributed by atoms with van der Waals surface area (Å²) in [5, 5.41) is 25.5. The van der Waals surface area contributed by atoms with Gasteiger partial charge in [-0.3, -0.25) is 9.59 Å². The summed E-state index contributed by atoms with van der Waals surface area (Å²) in [4.78, 5) is 39.7. The molecule has 0 aliphatic heterocycles. The number of aliphatic hydroxyl groups is 1. The highest BCUT2D eigenvalue weighted by molar-refractivity contribution is 5.92. The van der Waals surface area contributed by atoms with Gasteiger partial charge in [0.1, 0.15) is 23.4 Å². The van der Waals surface area contributed by atoms with E-state index in [9.17, 15) is 24.6 Å². The summed E-state index contributed by atoms with van der Waals surface area (Å²) in [6.45, 7) is 6.19. The number of hydrogen-bond acceptors (Lipinski definition) is 6. The van der Waals surface area contributed by atoms with Crippen LogP contribution in [-0.2, 0) is 20.9 Å². The maximum Gasteiger partial charge on any atom is 0.408 e. The Hall–Kier alpha value is -3.59. The number of carbonyl (C=O) groups excluding carboxylic acids is 3. The lowest BCUT2D eigenvalue weighted by molar-refractivity contribution is -0.141. The fraction of sp³-hybridized carbons (Fsp3) is 0.400. The number of nitrogens with zero attached hydrogens (tertiary/aromatic N) is 1. The SMILES string of the molecule is Cc1cccc(C(C(=O)NCc2ccccc2)N(C)C(=O)C(CO)NC(=O)OC(C)(C)C)c1O. The van der Waals surface area contributed by atoms with Crippen LogP contribution in [0.25, 0.3) is 0 Å². The molecule has 0 bridgehead atoms. The number of aliphatic hydroxyl groups excluding tert-OH is 1. The first-order valence-electron chi connectivity index (χ1n) is 10.9. The van der Waals surface area contributed by atoms with Crippen LogP contribution in [0.2, 0.25) is 0 Å². The van der Waals surface area contributed by atoms with E-state index in [2.05, 4.69) is 10.6 Å². The number of rotatable bonds is 8. The maximum absolute atomic E-state index is 13.3. The molecular weight excluding hydrogens is 438 g/mol. The number of para-hydroxylation sites is 1. The highest BCUT2D eigenvalue weighted by Crippen LogP contribution is 2.31. The molecule has 0 radical (unpaired) electrons. The van der Waals surface area contributed by atoms with Gasteiger partial charge in [0.25, 0.3) is 0 Å². The molecule has 2 unspecified atom stereocenters.